The van der Waals surface area contributed by atoms with Crippen LogP contribution in [-0.2, 0) is 13.6 Å². The monoisotopic (exact) mass is 281 g/mol. The Balaban J connectivity index is 1.77. The van der Waals surface area contributed by atoms with Crippen LogP contribution in [0.3, 0.4) is 0 Å². The molecule has 1 aromatic carbocycles. The number of aryl methyl sites for hydroxylation is 1. The molecular weight excluding hydrogens is 262 g/mol. The molecule has 0 aliphatic carbocycles. The minimum Gasteiger partial charge on any atom is -0.306 e. The summed E-state index contributed by atoms with van der Waals surface area (Å²) in [5.74, 6) is 0. The predicted molar refractivity (Wildman–Crippen MR) is 82.0 cm³/mol. The highest BCUT2D eigenvalue weighted by atomic mass is 15.3. The van der Waals surface area contributed by atoms with Crippen LogP contribution in [-0.4, -0.2) is 19.6 Å². The summed E-state index contributed by atoms with van der Waals surface area (Å²) >= 11 is 0. The fraction of sp³-hybridized carbons (Fsp3) is 0.250. The van der Waals surface area contributed by atoms with Crippen LogP contribution in [0, 0.1) is 0 Å². The maximum atomic E-state index is 4.33. The second-order valence-electron chi connectivity index (χ2n) is 5.13. The van der Waals surface area contributed by atoms with Gasteiger partial charge in [-0.05, 0) is 24.6 Å². The van der Waals surface area contributed by atoms with Crippen molar-refractivity contribution < 1.29 is 0 Å². The summed E-state index contributed by atoms with van der Waals surface area (Å²) in [6.45, 7) is 2.96. The first kappa shape index (κ1) is 13.6. The number of rotatable bonds is 5. The van der Waals surface area contributed by atoms with Gasteiger partial charge in [-0.3, -0.25) is 4.68 Å². The Morgan fingerprint density at radius 1 is 1.19 bits per heavy atom. The molecule has 0 radical (unpaired) electrons. The molecule has 0 unspecified atom stereocenters. The van der Waals surface area contributed by atoms with Crippen LogP contribution in [0.15, 0.2) is 55.1 Å². The largest absolute Gasteiger partial charge is 0.306 e. The van der Waals surface area contributed by atoms with Crippen LogP contribution in [0.2, 0.25) is 0 Å². The third-order valence-electron chi connectivity index (χ3n) is 3.53. The second kappa shape index (κ2) is 5.93. The van der Waals surface area contributed by atoms with E-state index >= 15 is 0 Å². The van der Waals surface area contributed by atoms with Gasteiger partial charge in [-0.15, -0.1) is 0 Å². The molecule has 5 nitrogen and oxygen atoms in total. The van der Waals surface area contributed by atoms with Gasteiger partial charge in [-0.25, -0.2) is 4.68 Å². The molecule has 1 N–H and O–H groups in total. The van der Waals surface area contributed by atoms with Gasteiger partial charge in [0.2, 0.25) is 0 Å². The molecule has 2 aromatic heterocycles. The van der Waals surface area contributed by atoms with Crippen molar-refractivity contribution in [2.45, 2.75) is 19.5 Å². The van der Waals surface area contributed by atoms with E-state index in [4.69, 9.17) is 0 Å². The third kappa shape index (κ3) is 3.03. The van der Waals surface area contributed by atoms with Gasteiger partial charge in [0.1, 0.15) is 0 Å². The van der Waals surface area contributed by atoms with Gasteiger partial charge in [0.15, 0.2) is 0 Å². The first-order valence-electron chi connectivity index (χ1n) is 7.04. The molecule has 2 heterocycles. The van der Waals surface area contributed by atoms with Gasteiger partial charge in [0, 0.05) is 43.8 Å². The number of nitrogens with zero attached hydrogens (tertiary/aromatic N) is 4. The van der Waals surface area contributed by atoms with E-state index in [9.17, 15) is 0 Å². The van der Waals surface area contributed by atoms with Crippen molar-refractivity contribution in [3.63, 3.8) is 0 Å². The highest BCUT2D eigenvalue weighted by Crippen LogP contribution is 2.21. The van der Waals surface area contributed by atoms with E-state index < -0.39 is 0 Å². The molecule has 0 fully saturated rings. The molecule has 3 rings (SSSR count). The molecule has 5 heteroatoms. The van der Waals surface area contributed by atoms with Gasteiger partial charge >= 0.3 is 0 Å². The van der Waals surface area contributed by atoms with E-state index in [0.29, 0.717) is 0 Å². The zero-order valence-corrected chi connectivity index (χ0v) is 12.3. The molecule has 21 heavy (non-hydrogen) atoms. The summed E-state index contributed by atoms with van der Waals surface area (Å²) in [5.41, 5.74) is 3.51. The van der Waals surface area contributed by atoms with Gasteiger partial charge in [0.25, 0.3) is 0 Å². The molecule has 0 saturated heterocycles. The van der Waals surface area contributed by atoms with Gasteiger partial charge in [0.05, 0.1) is 11.9 Å². The van der Waals surface area contributed by atoms with Crippen molar-refractivity contribution in [3.8, 4) is 5.69 Å². The number of hydrogen-bond donors (Lipinski definition) is 1. The van der Waals surface area contributed by atoms with E-state index in [-0.39, 0.29) is 6.04 Å². The lowest BCUT2D eigenvalue weighted by Gasteiger charge is -2.17. The minimum absolute atomic E-state index is 0.227. The number of hydrogen-bond acceptors (Lipinski definition) is 3. The first-order chi connectivity index (χ1) is 10.2. The van der Waals surface area contributed by atoms with Crippen molar-refractivity contribution in [3.05, 3.63) is 66.2 Å². The normalized spacial score (nSPS) is 12.5. The summed E-state index contributed by atoms with van der Waals surface area (Å²) < 4.78 is 3.72. The molecule has 0 bridgehead atoms. The second-order valence-corrected chi connectivity index (χ2v) is 5.13. The van der Waals surface area contributed by atoms with Crippen molar-refractivity contribution in [2.24, 2.45) is 7.05 Å². The smallest absolute Gasteiger partial charge is 0.0693 e. The molecule has 0 spiro atoms. The van der Waals surface area contributed by atoms with Gasteiger partial charge < -0.3 is 5.32 Å². The third-order valence-corrected chi connectivity index (χ3v) is 3.53. The molecule has 0 aliphatic rings. The van der Waals surface area contributed by atoms with Gasteiger partial charge in [-0.1, -0.05) is 18.2 Å². The SMILES string of the molecule is C[C@@H](NCc1cnn(C)c1)c1ccccc1-n1cccn1. The summed E-state index contributed by atoms with van der Waals surface area (Å²) in [6.07, 6.45) is 7.68. The number of para-hydroxylation sites is 1. The van der Waals surface area contributed by atoms with Crippen LogP contribution in [0.5, 0.6) is 0 Å². The summed E-state index contributed by atoms with van der Waals surface area (Å²) in [5, 5.41) is 12.1. The van der Waals surface area contributed by atoms with Crippen LogP contribution >= 0.6 is 0 Å². The molecule has 0 amide bonds. The van der Waals surface area contributed by atoms with Gasteiger partial charge in [-0.2, -0.15) is 10.2 Å². The van der Waals surface area contributed by atoms with Crippen molar-refractivity contribution in [1.82, 2.24) is 24.9 Å². The molecule has 108 valence electrons. The van der Waals surface area contributed by atoms with Crippen molar-refractivity contribution >= 4 is 0 Å². The Bertz CT molecular complexity index is 699. The van der Waals surface area contributed by atoms with E-state index in [1.807, 2.05) is 47.1 Å². The lowest BCUT2D eigenvalue weighted by atomic mass is 10.1. The fourth-order valence-electron chi connectivity index (χ4n) is 2.42. The number of nitrogens with one attached hydrogen (secondary N) is 1. The molecule has 0 saturated carbocycles. The maximum absolute atomic E-state index is 4.33. The van der Waals surface area contributed by atoms with E-state index in [0.717, 1.165) is 12.2 Å². The van der Waals surface area contributed by atoms with Crippen LogP contribution < -0.4 is 5.32 Å². The Hall–Kier alpha value is -2.40. The highest BCUT2D eigenvalue weighted by molar-refractivity contribution is 5.42. The molecule has 3 aromatic rings. The Morgan fingerprint density at radius 3 is 2.76 bits per heavy atom. The lowest BCUT2D eigenvalue weighted by molar-refractivity contribution is 0.570. The van der Waals surface area contributed by atoms with Crippen LogP contribution in [0.4, 0.5) is 0 Å². The Morgan fingerprint density at radius 2 is 2.05 bits per heavy atom. The fourth-order valence-corrected chi connectivity index (χ4v) is 2.42. The average Bonchev–Trinajstić information content (AvgIpc) is 3.16. The average molecular weight is 281 g/mol. The first-order valence-corrected chi connectivity index (χ1v) is 7.04. The van der Waals surface area contributed by atoms with Crippen molar-refractivity contribution in [1.29, 1.82) is 0 Å². The van der Waals surface area contributed by atoms with E-state index in [2.05, 4.69) is 40.6 Å². The Labute approximate surface area is 124 Å². The molecule has 1 atom stereocenters. The Kier molecular flexibility index (Phi) is 3.83. The topological polar surface area (TPSA) is 47.7 Å². The zero-order valence-electron chi connectivity index (χ0n) is 12.3. The minimum atomic E-state index is 0.227. The van der Waals surface area contributed by atoms with Crippen molar-refractivity contribution in [2.75, 3.05) is 0 Å². The molecular formula is C16H19N5. The zero-order chi connectivity index (χ0) is 14.7. The number of aromatic nitrogens is 4. The molecule has 0 aliphatic heterocycles. The number of benzene rings is 1. The van der Waals surface area contributed by atoms with E-state index in [1.165, 1.54) is 11.1 Å². The summed E-state index contributed by atoms with van der Waals surface area (Å²) in [4.78, 5) is 0. The summed E-state index contributed by atoms with van der Waals surface area (Å²) in [6, 6.07) is 10.5. The van der Waals surface area contributed by atoms with E-state index in [1.54, 1.807) is 6.20 Å². The summed E-state index contributed by atoms with van der Waals surface area (Å²) in [7, 11) is 1.93. The lowest BCUT2D eigenvalue weighted by Crippen LogP contribution is -2.19. The standard InChI is InChI=1S/C16H19N5/c1-13(17-10-14-11-19-20(2)12-14)15-6-3-4-7-16(15)21-9-5-8-18-21/h3-9,11-13,17H,10H2,1-2H3/t13-/m1/s1. The predicted octanol–water partition coefficient (Wildman–Crippen LogP) is 2.46. The van der Waals surface area contributed by atoms with Crippen LogP contribution in [0.1, 0.15) is 24.1 Å². The highest BCUT2D eigenvalue weighted by Gasteiger charge is 2.11. The van der Waals surface area contributed by atoms with Crippen LogP contribution in [0.25, 0.3) is 5.69 Å². The maximum Gasteiger partial charge on any atom is 0.0693 e. The quantitative estimate of drug-likeness (QED) is 0.781.